The molecule has 26 heavy (non-hydrogen) atoms. The second-order valence-electron chi connectivity index (χ2n) is 5.37. The van der Waals surface area contributed by atoms with E-state index in [-0.39, 0.29) is 17.3 Å². The fourth-order valence-corrected chi connectivity index (χ4v) is 3.49. The van der Waals surface area contributed by atoms with Crippen LogP contribution in [0.1, 0.15) is 0 Å². The Balaban J connectivity index is 1.97. The first kappa shape index (κ1) is 19.3. The number of hydrogen-bond acceptors (Lipinski definition) is 10. The van der Waals surface area contributed by atoms with E-state index >= 15 is 0 Å². The van der Waals surface area contributed by atoms with Gasteiger partial charge in [-0.15, -0.1) is 0 Å². The zero-order chi connectivity index (χ0) is 19.2. The molecule has 0 aromatic carbocycles. The molecule has 3 rings (SSSR count). The molecular formula is C12H13Cl2N2O9P. The fraction of sp³-hybridized carbons (Fsp3) is 0.500. The first-order chi connectivity index (χ1) is 12.1. The largest absolute Gasteiger partial charge is 0.475 e. The molecule has 3 aliphatic heterocycles. The number of carbonyl (C=O) groups is 2. The average molecular weight is 431 g/mol. The molecule has 0 saturated carbocycles. The van der Waals surface area contributed by atoms with Gasteiger partial charge in [0, 0.05) is 22.5 Å². The van der Waals surface area contributed by atoms with Crippen molar-refractivity contribution in [2.75, 3.05) is 13.7 Å². The SMILES string of the molecule is COC(=O)COC1=CN2C(=C(OP(=O)(Cl)Cl)[C@H]3O[C@@H]2[C@@H](O)[C@H]3O)NC1=O. The number of methoxy groups -OCH3 is 1. The molecule has 0 spiro atoms. The number of fused-ring (bicyclic) bond motifs is 4. The van der Waals surface area contributed by atoms with E-state index in [0.717, 1.165) is 13.3 Å². The fourth-order valence-electron chi connectivity index (χ4n) is 2.62. The molecule has 0 radical (unpaired) electrons. The quantitative estimate of drug-likeness (QED) is 0.392. The Labute approximate surface area is 156 Å². The highest BCUT2D eigenvalue weighted by Crippen LogP contribution is 2.61. The number of aliphatic hydroxyl groups is 2. The van der Waals surface area contributed by atoms with E-state index in [4.69, 9.17) is 36.5 Å². The van der Waals surface area contributed by atoms with Crippen LogP contribution in [0.15, 0.2) is 23.5 Å². The number of ether oxygens (including phenoxy) is 3. The third kappa shape index (κ3) is 3.51. The van der Waals surface area contributed by atoms with Crippen LogP contribution < -0.4 is 5.32 Å². The van der Waals surface area contributed by atoms with E-state index in [9.17, 15) is 24.4 Å². The highest BCUT2D eigenvalue weighted by atomic mass is 35.9. The molecule has 2 bridgehead atoms. The van der Waals surface area contributed by atoms with Gasteiger partial charge in [0.05, 0.1) is 13.3 Å². The summed E-state index contributed by atoms with van der Waals surface area (Å²) < 4.78 is 31.5. The molecule has 0 aliphatic carbocycles. The highest BCUT2D eigenvalue weighted by Gasteiger charge is 2.55. The minimum atomic E-state index is -4.12. The van der Waals surface area contributed by atoms with Crippen molar-refractivity contribution in [3.63, 3.8) is 0 Å². The summed E-state index contributed by atoms with van der Waals surface area (Å²) in [4.78, 5) is 24.5. The Kier molecular flexibility index (Phi) is 5.13. The van der Waals surface area contributed by atoms with Gasteiger partial charge in [-0.05, 0) is 0 Å². The lowest BCUT2D eigenvalue weighted by atomic mass is 10.1. The molecule has 11 nitrogen and oxygen atoms in total. The summed E-state index contributed by atoms with van der Waals surface area (Å²) in [5, 5.41) is 22.6. The summed E-state index contributed by atoms with van der Waals surface area (Å²) in [5.74, 6) is -2.20. The Hall–Kier alpha value is -1.49. The zero-order valence-electron chi connectivity index (χ0n) is 13.0. The summed E-state index contributed by atoms with van der Waals surface area (Å²) in [5.41, 5.74) is 0. The van der Waals surface area contributed by atoms with Crippen LogP contribution >= 0.6 is 28.6 Å². The number of nitrogens with zero attached hydrogens (tertiary/aromatic N) is 1. The molecule has 3 N–H and O–H groups in total. The third-order valence-corrected chi connectivity index (χ3v) is 4.58. The minimum absolute atomic E-state index is 0.0845. The predicted molar refractivity (Wildman–Crippen MR) is 84.1 cm³/mol. The van der Waals surface area contributed by atoms with Crippen molar-refractivity contribution in [2.24, 2.45) is 0 Å². The lowest BCUT2D eigenvalue weighted by Crippen LogP contribution is -2.50. The van der Waals surface area contributed by atoms with Crippen molar-refractivity contribution in [3.05, 3.63) is 23.5 Å². The molecule has 3 heterocycles. The Morgan fingerprint density at radius 1 is 1.42 bits per heavy atom. The normalized spacial score (nSPS) is 30.4. The van der Waals surface area contributed by atoms with E-state index in [1.807, 2.05) is 0 Å². The van der Waals surface area contributed by atoms with Crippen molar-refractivity contribution < 1.29 is 43.1 Å². The number of hydrogen-bond donors (Lipinski definition) is 3. The lowest BCUT2D eigenvalue weighted by Gasteiger charge is -2.38. The van der Waals surface area contributed by atoms with Gasteiger partial charge >= 0.3 is 12.0 Å². The molecule has 3 aliphatic rings. The van der Waals surface area contributed by atoms with Gasteiger partial charge in [-0.1, -0.05) is 0 Å². The van der Waals surface area contributed by atoms with E-state index in [1.54, 1.807) is 0 Å². The van der Waals surface area contributed by atoms with Gasteiger partial charge in [0.2, 0.25) is 5.76 Å². The summed E-state index contributed by atoms with van der Waals surface area (Å²) in [6, 6.07) is 0. The number of nitrogens with one attached hydrogen (secondary N) is 1. The van der Waals surface area contributed by atoms with Gasteiger partial charge in [0.15, 0.2) is 24.4 Å². The Bertz CT molecular complexity index is 751. The Morgan fingerprint density at radius 3 is 2.73 bits per heavy atom. The van der Waals surface area contributed by atoms with Crippen LogP contribution in [-0.2, 0) is 32.9 Å². The van der Waals surface area contributed by atoms with Crippen LogP contribution in [0.4, 0.5) is 0 Å². The predicted octanol–water partition coefficient (Wildman–Crippen LogP) is -0.319. The van der Waals surface area contributed by atoms with Crippen LogP contribution in [0.3, 0.4) is 0 Å². The second kappa shape index (κ2) is 6.91. The first-order valence-electron chi connectivity index (χ1n) is 7.08. The standard InChI is InChI=1S/C12H13Cl2N2O9P/c1-22-5(17)3-23-4-2-16-10(15-11(4)20)9(25-26(13,14)21)8-6(18)7(19)12(16)24-8/h2,6-8,12,18-19H,3H2,1H3,(H,15,20)/t6-,7+,8+,12-/m1/s1. The first-order valence-corrected chi connectivity index (χ1v) is 10.5. The average Bonchev–Trinajstić information content (AvgIpc) is 2.82. The van der Waals surface area contributed by atoms with Gasteiger partial charge in [0.25, 0.3) is 5.91 Å². The van der Waals surface area contributed by atoms with Gasteiger partial charge in [-0.3, -0.25) is 9.69 Å². The van der Waals surface area contributed by atoms with Crippen molar-refractivity contribution in [2.45, 2.75) is 24.5 Å². The maximum absolute atomic E-state index is 12.2. The number of aliphatic hydroxyl groups excluding tert-OH is 2. The number of halogens is 2. The van der Waals surface area contributed by atoms with Crippen molar-refractivity contribution in [3.8, 4) is 0 Å². The molecule has 144 valence electrons. The molecule has 0 aromatic rings. The highest BCUT2D eigenvalue weighted by molar-refractivity contribution is 8.05. The summed E-state index contributed by atoms with van der Waals surface area (Å²) in [6.45, 7) is -0.538. The zero-order valence-corrected chi connectivity index (χ0v) is 15.4. The van der Waals surface area contributed by atoms with Gasteiger partial charge in [0.1, 0.15) is 18.3 Å². The van der Waals surface area contributed by atoms with E-state index in [2.05, 4.69) is 10.1 Å². The lowest BCUT2D eigenvalue weighted by molar-refractivity contribution is -0.145. The third-order valence-electron chi connectivity index (χ3n) is 3.75. The monoisotopic (exact) mass is 430 g/mol. The van der Waals surface area contributed by atoms with Gasteiger partial charge in [-0.25, -0.2) is 9.36 Å². The van der Waals surface area contributed by atoms with Gasteiger partial charge in [-0.2, -0.15) is 0 Å². The molecule has 14 heteroatoms. The topological polar surface area (TPSA) is 144 Å². The number of amides is 1. The molecular weight excluding hydrogens is 418 g/mol. The van der Waals surface area contributed by atoms with Crippen LogP contribution in [0.25, 0.3) is 0 Å². The second-order valence-corrected chi connectivity index (χ2v) is 9.57. The number of esters is 1. The summed E-state index contributed by atoms with van der Waals surface area (Å²) in [7, 11) is 1.15. The minimum Gasteiger partial charge on any atom is -0.475 e. The molecule has 4 atom stereocenters. The maximum Gasteiger partial charge on any atom is 0.428 e. The Morgan fingerprint density at radius 2 is 2.12 bits per heavy atom. The molecule has 1 saturated heterocycles. The van der Waals surface area contributed by atoms with Crippen LogP contribution in [0.5, 0.6) is 0 Å². The smallest absolute Gasteiger partial charge is 0.428 e. The van der Waals surface area contributed by atoms with E-state index < -0.39 is 49.1 Å². The van der Waals surface area contributed by atoms with Crippen molar-refractivity contribution >= 4 is 40.4 Å². The van der Waals surface area contributed by atoms with Crippen LogP contribution in [0, 0.1) is 0 Å². The maximum atomic E-state index is 12.2. The van der Waals surface area contributed by atoms with Crippen molar-refractivity contribution in [1.82, 2.24) is 10.2 Å². The number of rotatable bonds is 5. The molecule has 0 aromatic heterocycles. The van der Waals surface area contributed by atoms with Crippen LogP contribution in [0.2, 0.25) is 0 Å². The summed E-state index contributed by atoms with van der Waals surface area (Å²) in [6.07, 6.45) is -8.23. The molecule has 1 amide bonds. The van der Waals surface area contributed by atoms with Crippen molar-refractivity contribution in [1.29, 1.82) is 0 Å². The van der Waals surface area contributed by atoms with E-state index in [0.29, 0.717) is 0 Å². The molecule has 0 unspecified atom stereocenters. The molecule has 1 fully saturated rings. The van der Waals surface area contributed by atoms with E-state index in [1.165, 1.54) is 4.90 Å². The number of carbonyl (C=O) groups excluding carboxylic acids is 2. The van der Waals surface area contributed by atoms with Gasteiger partial charge < -0.3 is 34.3 Å². The summed E-state index contributed by atoms with van der Waals surface area (Å²) >= 11 is 10.9. The van der Waals surface area contributed by atoms with Crippen LogP contribution in [-0.4, -0.2) is 65.2 Å².